The third-order valence-electron chi connectivity index (χ3n) is 5.47. The molecule has 3 rings (SSSR count). The largest absolute Gasteiger partial charge is 0.496 e. The van der Waals surface area contributed by atoms with Gasteiger partial charge in [-0.25, -0.2) is 8.42 Å². The maximum Gasteiger partial charge on any atom is 0.262 e. The van der Waals surface area contributed by atoms with Crippen LogP contribution in [0.1, 0.15) is 60.5 Å². The van der Waals surface area contributed by atoms with E-state index in [9.17, 15) is 13.2 Å². The summed E-state index contributed by atoms with van der Waals surface area (Å²) >= 11 is 0. The van der Waals surface area contributed by atoms with Crippen LogP contribution in [-0.2, 0) is 10.0 Å². The zero-order chi connectivity index (χ0) is 21.9. The van der Waals surface area contributed by atoms with Crippen LogP contribution in [0.15, 0.2) is 41.3 Å². The first-order valence-electron chi connectivity index (χ1n) is 10.3. The van der Waals surface area contributed by atoms with Gasteiger partial charge in [0, 0.05) is 24.3 Å². The summed E-state index contributed by atoms with van der Waals surface area (Å²) in [6, 6.07) is 10.1. The monoisotopic (exact) mass is 430 g/mol. The van der Waals surface area contributed by atoms with E-state index in [1.165, 1.54) is 0 Å². The maximum absolute atomic E-state index is 13.0. The van der Waals surface area contributed by atoms with Crippen LogP contribution in [0.25, 0.3) is 0 Å². The van der Waals surface area contributed by atoms with Gasteiger partial charge in [0.05, 0.1) is 12.0 Å². The Balaban J connectivity index is 1.82. The van der Waals surface area contributed by atoms with Crippen molar-refractivity contribution < 1.29 is 17.9 Å². The highest BCUT2D eigenvalue weighted by Crippen LogP contribution is 2.32. The van der Waals surface area contributed by atoms with Crippen molar-refractivity contribution >= 4 is 21.6 Å². The number of likely N-dealkylation sites (tertiary alicyclic amines) is 1. The van der Waals surface area contributed by atoms with Crippen LogP contribution in [-0.4, -0.2) is 39.4 Å². The van der Waals surface area contributed by atoms with Crippen LogP contribution in [0.4, 0.5) is 5.69 Å². The normalized spacial score (nSPS) is 14.6. The van der Waals surface area contributed by atoms with Crippen LogP contribution < -0.4 is 9.46 Å². The minimum absolute atomic E-state index is 0.00307. The average Bonchev–Trinajstić information content (AvgIpc) is 2.73. The fourth-order valence-electron chi connectivity index (χ4n) is 3.77. The van der Waals surface area contributed by atoms with E-state index in [2.05, 4.69) is 4.72 Å². The van der Waals surface area contributed by atoms with Gasteiger partial charge >= 0.3 is 0 Å². The lowest BCUT2D eigenvalue weighted by Crippen LogP contribution is -2.35. The predicted octanol–water partition coefficient (Wildman–Crippen LogP) is 4.55. The van der Waals surface area contributed by atoms with E-state index in [1.54, 1.807) is 50.4 Å². The number of carbonyl (C=O) groups is 1. The van der Waals surface area contributed by atoms with E-state index < -0.39 is 10.0 Å². The quantitative estimate of drug-likeness (QED) is 0.729. The second-order valence-corrected chi connectivity index (χ2v) is 9.70. The SMILES string of the molecule is COc1cc(C)c(S(=O)(=O)Nc2ccc(C(=O)N3CCCCC3)cc2)cc1C(C)C. The number of nitrogens with one attached hydrogen (secondary N) is 1. The van der Waals surface area contributed by atoms with Crippen molar-refractivity contribution in [3.8, 4) is 5.75 Å². The molecular formula is C23H30N2O4S. The van der Waals surface area contributed by atoms with Gasteiger partial charge < -0.3 is 9.64 Å². The fraction of sp³-hybridized carbons (Fsp3) is 0.435. The lowest BCUT2D eigenvalue weighted by atomic mass is 10.0. The van der Waals surface area contributed by atoms with Gasteiger partial charge in [0.2, 0.25) is 0 Å². The summed E-state index contributed by atoms with van der Waals surface area (Å²) in [6.45, 7) is 7.30. The summed E-state index contributed by atoms with van der Waals surface area (Å²) in [4.78, 5) is 14.7. The van der Waals surface area contributed by atoms with Gasteiger partial charge in [0.1, 0.15) is 5.75 Å². The third kappa shape index (κ3) is 4.78. The Morgan fingerprint density at radius 1 is 1.07 bits per heavy atom. The number of hydrogen-bond acceptors (Lipinski definition) is 4. The van der Waals surface area contributed by atoms with E-state index in [-0.39, 0.29) is 16.7 Å². The first-order chi connectivity index (χ1) is 14.2. The van der Waals surface area contributed by atoms with E-state index in [0.717, 1.165) is 37.9 Å². The first-order valence-corrected chi connectivity index (χ1v) is 11.8. The fourth-order valence-corrected chi connectivity index (χ4v) is 5.09. The van der Waals surface area contributed by atoms with Crippen LogP contribution in [0.5, 0.6) is 5.75 Å². The van der Waals surface area contributed by atoms with Crippen molar-refractivity contribution in [2.45, 2.75) is 50.8 Å². The standard InChI is InChI=1S/C23H30N2O4S/c1-16(2)20-15-22(17(3)14-21(20)29-4)30(27,28)24-19-10-8-18(9-11-19)23(26)25-12-6-5-7-13-25/h8-11,14-16,24H,5-7,12-13H2,1-4H3. The molecule has 0 atom stereocenters. The Kier molecular flexibility index (Phi) is 6.71. The average molecular weight is 431 g/mol. The molecule has 7 heteroatoms. The van der Waals surface area contributed by atoms with Gasteiger partial charge in [-0.05, 0) is 79.6 Å². The molecule has 0 bridgehead atoms. The number of ether oxygens (including phenoxy) is 1. The summed E-state index contributed by atoms with van der Waals surface area (Å²) in [6.07, 6.45) is 3.22. The van der Waals surface area contributed by atoms with E-state index in [1.807, 2.05) is 18.7 Å². The molecule has 0 spiro atoms. The van der Waals surface area contributed by atoms with Gasteiger partial charge in [0.15, 0.2) is 0 Å². The number of nitrogens with zero attached hydrogens (tertiary/aromatic N) is 1. The van der Waals surface area contributed by atoms with E-state index >= 15 is 0 Å². The van der Waals surface area contributed by atoms with Crippen molar-refractivity contribution in [2.75, 3.05) is 24.9 Å². The molecule has 0 aliphatic carbocycles. The number of amides is 1. The number of sulfonamides is 1. The molecule has 162 valence electrons. The van der Waals surface area contributed by atoms with Crippen molar-refractivity contribution in [1.29, 1.82) is 0 Å². The van der Waals surface area contributed by atoms with Gasteiger partial charge in [-0.3, -0.25) is 9.52 Å². The highest BCUT2D eigenvalue weighted by atomic mass is 32.2. The van der Waals surface area contributed by atoms with Crippen molar-refractivity contribution in [3.05, 3.63) is 53.1 Å². The predicted molar refractivity (Wildman–Crippen MR) is 119 cm³/mol. The number of piperidine rings is 1. The van der Waals surface area contributed by atoms with Crippen LogP contribution >= 0.6 is 0 Å². The zero-order valence-electron chi connectivity index (χ0n) is 18.1. The minimum atomic E-state index is -3.78. The van der Waals surface area contributed by atoms with Gasteiger partial charge in [-0.1, -0.05) is 13.8 Å². The van der Waals surface area contributed by atoms with Crippen molar-refractivity contribution in [3.63, 3.8) is 0 Å². The number of aryl methyl sites for hydroxylation is 1. The summed E-state index contributed by atoms with van der Waals surface area (Å²) in [5, 5.41) is 0. The number of anilines is 1. The van der Waals surface area contributed by atoms with Crippen molar-refractivity contribution in [2.24, 2.45) is 0 Å². The molecule has 1 heterocycles. The molecule has 6 nitrogen and oxygen atoms in total. The third-order valence-corrected chi connectivity index (χ3v) is 6.99. The lowest BCUT2D eigenvalue weighted by molar-refractivity contribution is 0.0724. The van der Waals surface area contributed by atoms with Gasteiger partial charge in [-0.15, -0.1) is 0 Å². The topological polar surface area (TPSA) is 75.7 Å². The highest BCUT2D eigenvalue weighted by molar-refractivity contribution is 7.92. The first kappa shape index (κ1) is 22.2. The second-order valence-electron chi connectivity index (χ2n) is 8.05. The molecule has 0 saturated carbocycles. The Labute approximate surface area is 179 Å². The van der Waals surface area contributed by atoms with Gasteiger partial charge in [0.25, 0.3) is 15.9 Å². The molecule has 0 unspecified atom stereocenters. The molecule has 1 saturated heterocycles. The molecular weight excluding hydrogens is 400 g/mol. The van der Waals surface area contributed by atoms with Crippen LogP contribution in [0.2, 0.25) is 0 Å². The number of rotatable bonds is 6. The molecule has 2 aromatic carbocycles. The molecule has 1 aliphatic heterocycles. The highest BCUT2D eigenvalue weighted by Gasteiger charge is 2.22. The summed E-state index contributed by atoms with van der Waals surface area (Å²) in [5.74, 6) is 0.799. The minimum Gasteiger partial charge on any atom is -0.496 e. The summed E-state index contributed by atoms with van der Waals surface area (Å²) in [5.41, 5.74) is 2.45. The van der Waals surface area contributed by atoms with E-state index in [0.29, 0.717) is 22.6 Å². The molecule has 0 radical (unpaired) electrons. The Morgan fingerprint density at radius 2 is 1.70 bits per heavy atom. The van der Waals surface area contributed by atoms with Gasteiger partial charge in [-0.2, -0.15) is 0 Å². The molecule has 1 N–H and O–H groups in total. The lowest BCUT2D eigenvalue weighted by Gasteiger charge is -2.26. The van der Waals surface area contributed by atoms with Crippen LogP contribution in [0.3, 0.4) is 0 Å². The Hall–Kier alpha value is -2.54. The number of methoxy groups -OCH3 is 1. The number of carbonyl (C=O) groups excluding carboxylic acids is 1. The molecule has 30 heavy (non-hydrogen) atoms. The summed E-state index contributed by atoms with van der Waals surface area (Å²) in [7, 11) is -2.20. The summed E-state index contributed by atoms with van der Waals surface area (Å²) < 4.78 is 34.1. The van der Waals surface area contributed by atoms with Crippen molar-refractivity contribution in [1.82, 2.24) is 4.90 Å². The number of hydrogen-bond donors (Lipinski definition) is 1. The molecule has 1 amide bonds. The smallest absolute Gasteiger partial charge is 0.262 e. The molecule has 1 fully saturated rings. The Bertz CT molecular complexity index is 1010. The second kappa shape index (κ2) is 9.08. The van der Waals surface area contributed by atoms with E-state index in [4.69, 9.17) is 4.74 Å². The maximum atomic E-state index is 13.0. The molecule has 0 aromatic heterocycles. The molecule has 2 aromatic rings. The van der Waals surface area contributed by atoms with Crippen LogP contribution in [0, 0.1) is 6.92 Å². The number of benzene rings is 2. The zero-order valence-corrected chi connectivity index (χ0v) is 18.9. The Morgan fingerprint density at radius 3 is 2.27 bits per heavy atom. The molecule has 1 aliphatic rings.